The summed E-state index contributed by atoms with van der Waals surface area (Å²) in [7, 11) is 0. The molecule has 1 saturated carbocycles. The Morgan fingerprint density at radius 2 is 1.73 bits per heavy atom. The fraction of sp³-hybridized carbons (Fsp3) is 0.368. The lowest BCUT2D eigenvalue weighted by molar-refractivity contribution is 0.0933. The number of hydrogen-bond acceptors (Lipinski definition) is 3. The van der Waals surface area contributed by atoms with Crippen LogP contribution in [0.1, 0.15) is 48.9 Å². The lowest BCUT2D eigenvalue weighted by Crippen LogP contribution is -2.34. The Labute approximate surface area is 149 Å². The van der Waals surface area contributed by atoms with E-state index in [1.807, 2.05) is 0 Å². The van der Waals surface area contributed by atoms with Gasteiger partial charge >= 0.3 is 0 Å². The van der Waals surface area contributed by atoms with Gasteiger partial charge in [0, 0.05) is 17.8 Å². The van der Waals surface area contributed by atoms with Crippen molar-refractivity contribution in [1.82, 2.24) is 10.3 Å². The molecule has 1 fully saturated rings. The summed E-state index contributed by atoms with van der Waals surface area (Å²) in [5, 5.41) is 5.59. The SMILES string of the molecule is O=C(NC1CCCCCC1)c1ccnc(Nc2ccc(F)c(F)c2F)c1. The summed E-state index contributed by atoms with van der Waals surface area (Å²) in [5.41, 5.74) is 0.118. The van der Waals surface area contributed by atoms with Crippen LogP contribution < -0.4 is 10.6 Å². The van der Waals surface area contributed by atoms with E-state index in [-0.39, 0.29) is 23.5 Å². The highest BCUT2D eigenvalue weighted by molar-refractivity contribution is 5.95. The average Bonchev–Trinajstić information content (AvgIpc) is 2.91. The molecule has 138 valence electrons. The lowest BCUT2D eigenvalue weighted by Gasteiger charge is -2.16. The van der Waals surface area contributed by atoms with Crippen molar-refractivity contribution < 1.29 is 18.0 Å². The Balaban J connectivity index is 1.71. The second-order valence-corrected chi connectivity index (χ2v) is 6.44. The second kappa shape index (κ2) is 8.21. The zero-order chi connectivity index (χ0) is 18.5. The smallest absolute Gasteiger partial charge is 0.251 e. The van der Waals surface area contributed by atoms with Gasteiger partial charge in [-0.25, -0.2) is 18.2 Å². The average molecular weight is 363 g/mol. The van der Waals surface area contributed by atoms with Gasteiger partial charge in [0.05, 0.1) is 5.69 Å². The van der Waals surface area contributed by atoms with E-state index in [1.165, 1.54) is 25.1 Å². The molecule has 0 unspecified atom stereocenters. The number of rotatable bonds is 4. The molecule has 26 heavy (non-hydrogen) atoms. The van der Waals surface area contributed by atoms with Crippen LogP contribution in [0, 0.1) is 17.5 Å². The molecular formula is C19H20F3N3O. The van der Waals surface area contributed by atoms with Crippen LogP contribution in [-0.4, -0.2) is 16.9 Å². The maximum atomic E-state index is 13.8. The number of nitrogens with zero attached hydrogens (tertiary/aromatic N) is 1. The number of carbonyl (C=O) groups excluding carboxylic acids is 1. The van der Waals surface area contributed by atoms with Gasteiger partial charge in [0.25, 0.3) is 5.91 Å². The van der Waals surface area contributed by atoms with E-state index in [4.69, 9.17) is 0 Å². The number of hydrogen-bond donors (Lipinski definition) is 2. The molecule has 0 aliphatic heterocycles. The van der Waals surface area contributed by atoms with Crippen molar-refractivity contribution in [2.24, 2.45) is 0 Å². The summed E-state index contributed by atoms with van der Waals surface area (Å²) in [5.74, 6) is -4.22. The van der Waals surface area contributed by atoms with E-state index in [1.54, 1.807) is 6.07 Å². The summed E-state index contributed by atoms with van der Waals surface area (Å²) in [6.07, 6.45) is 7.91. The Morgan fingerprint density at radius 3 is 2.46 bits per heavy atom. The molecule has 0 radical (unpaired) electrons. The second-order valence-electron chi connectivity index (χ2n) is 6.44. The van der Waals surface area contributed by atoms with Crippen LogP contribution in [0.5, 0.6) is 0 Å². The van der Waals surface area contributed by atoms with Crippen LogP contribution >= 0.6 is 0 Å². The highest BCUT2D eigenvalue weighted by Crippen LogP contribution is 2.23. The third-order valence-electron chi connectivity index (χ3n) is 4.51. The zero-order valence-electron chi connectivity index (χ0n) is 14.2. The molecule has 0 spiro atoms. The van der Waals surface area contributed by atoms with Crippen LogP contribution in [0.25, 0.3) is 0 Å². The maximum absolute atomic E-state index is 13.8. The summed E-state index contributed by atoms with van der Waals surface area (Å²) in [6, 6.07) is 5.06. The van der Waals surface area contributed by atoms with Crippen molar-refractivity contribution in [3.05, 3.63) is 53.5 Å². The molecule has 1 heterocycles. The number of halogens is 3. The van der Waals surface area contributed by atoms with Crippen molar-refractivity contribution in [2.45, 2.75) is 44.6 Å². The molecule has 0 saturated heterocycles. The van der Waals surface area contributed by atoms with E-state index >= 15 is 0 Å². The predicted molar refractivity (Wildman–Crippen MR) is 92.8 cm³/mol. The standard InChI is InChI=1S/C19H20F3N3O/c20-14-7-8-15(18(22)17(14)21)25-16-11-12(9-10-23-16)19(26)24-13-5-3-1-2-4-6-13/h7-11,13H,1-6H2,(H,23,25)(H,24,26). The molecule has 1 aliphatic carbocycles. The van der Waals surface area contributed by atoms with Crippen LogP contribution in [-0.2, 0) is 0 Å². The van der Waals surface area contributed by atoms with Gasteiger partial charge in [-0.3, -0.25) is 4.79 Å². The van der Waals surface area contributed by atoms with Gasteiger partial charge in [0.15, 0.2) is 17.5 Å². The fourth-order valence-corrected chi connectivity index (χ4v) is 3.09. The lowest BCUT2D eigenvalue weighted by atomic mass is 10.1. The van der Waals surface area contributed by atoms with Gasteiger partial charge in [-0.2, -0.15) is 0 Å². The molecule has 4 nitrogen and oxygen atoms in total. The van der Waals surface area contributed by atoms with Gasteiger partial charge in [0.2, 0.25) is 0 Å². The fourth-order valence-electron chi connectivity index (χ4n) is 3.09. The molecule has 3 rings (SSSR count). The molecule has 1 amide bonds. The normalized spacial score (nSPS) is 15.3. The minimum absolute atomic E-state index is 0.151. The Morgan fingerprint density at radius 1 is 1.00 bits per heavy atom. The molecular weight excluding hydrogens is 343 g/mol. The Kier molecular flexibility index (Phi) is 5.75. The van der Waals surface area contributed by atoms with Gasteiger partial charge in [-0.05, 0) is 37.1 Å². The van der Waals surface area contributed by atoms with E-state index in [2.05, 4.69) is 15.6 Å². The summed E-state index contributed by atoms with van der Waals surface area (Å²) >= 11 is 0. The third-order valence-corrected chi connectivity index (χ3v) is 4.51. The number of amides is 1. The molecule has 1 aromatic carbocycles. The molecule has 7 heteroatoms. The highest BCUT2D eigenvalue weighted by atomic mass is 19.2. The van der Waals surface area contributed by atoms with Crippen LogP contribution in [0.15, 0.2) is 30.5 Å². The number of nitrogens with one attached hydrogen (secondary N) is 2. The van der Waals surface area contributed by atoms with Gasteiger partial charge in [-0.15, -0.1) is 0 Å². The third kappa shape index (κ3) is 4.33. The van der Waals surface area contributed by atoms with Crippen molar-refractivity contribution in [3.63, 3.8) is 0 Å². The number of carbonyl (C=O) groups is 1. The van der Waals surface area contributed by atoms with Crippen molar-refractivity contribution in [1.29, 1.82) is 0 Å². The minimum atomic E-state index is -1.56. The summed E-state index contributed by atoms with van der Waals surface area (Å²) < 4.78 is 40.1. The first-order valence-electron chi connectivity index (χ1n) is 8.72. The molecule has 2 aromatic rings. The van der Waals surface area contributed by atoms with E-state index < -0.39 is 17.5 Å². The van der Waals surface area contributed by atoms with Crippen molar-refractivity contribution in [2.75, 3.05) is 5.32 Å². The first kappa shape index (κ1) is 18.2. The Hall–Kier alpha value is -2.57. The predicted octanol–water partition coefficient (Wildman–Crippen LogP) is 4.70. The number of benzene rings is 1. The van der Waals surface area contributed by atoms with Gasteiger partial charge in [0.1, 0.15) is 5.82 Å². The highest BCUT2D eigenvalue weighted by Gasteiger charge is 2.17. The molecule has 0 bridgehead atoms. The van der Waals surface area contributed by atoms with E-state index in [9.17, 15) is 18.0 Å². The van der Waals surface area contributed by atoms with Crippen LogP contribution in [0.3, 0.4) is 0 Å². The largest absolute Gasteiger partial charge is 0.349 e. The number of pyridine rings is 1. The summed E-state index contributed by atoms with van der Waals surface area (Å²) in [6.45, 7) is 0. The van der Waals surface area contributed by atoms with Gasteiger partial charge < -0.3 is 10.6 Å². The summed E-state index contributed by atoms with van der Waals surface area (Å²) in [4.78, 5) is 16.4. The number of aromatic nitrogens is 1. The van der Waals surface area contributed by atoms with Crippen molar-refractivity contribution >= 4 is 17.4 Å². The molecule has 1 aliphatic rings. The topological polar surface area (TPSA) is 54.0 Å². The van der Waals surface area contributed by atoms with Crippen LogP contribution in [0.2, 0.25) is 0 Å². The van der Waals surface area contributed by atoms with Gasteiger partial charge in [-0.1, -0.05) is 25.7 Å². The Bertz CT molecular complexity index is 790. The molecule has 0 atom stereocenters. The molecule has 1 aromatic heterocycles. The first-order chi connectivity index (χ1) is 12.5. The zero-order valence-corrected chi connectivity index (χ0v) is 14.2. The van der Waals surface area contributed by atoms with E-state index in [0.717, 1.165) is 37.8 Å². The molecule has 2 N–H and O–H groups in total. The first-order valence-corrected chi connectivity index (χ1v) is 8.72. The quantitative estimate of drug-likeness (QED) is 0.612. The maximum Gasteiger partial charge on any atom is 0.251 e. The van der Waals surface area contributed by atoms with E-state index in [0.29, 0.717) is 5.56 Å². The minimum Gasteiger partial charge on any atom is -0.349 e. The number of anilines is 2. The monoisotopic (exact) mass is 363 g/mol. The van der Waals surface area contributed by atoms with Crippen molar-refractivity contribution in [3.8, 4) is 0 Å². The van der Waals surface area contributed by atoms with Crippen LogP contribution in [0.4, 0.5) is 24.7 Å².